The van der Waals surface area contributed by atoms with Crippen LogP contribution < -0.4 is 5.73 Å². The van der Waals surface area contributed by atoms with Crippen molar-refractivity contribution in [3.8, 4) is 0 Å². The van der Waals surface area contributed by atoms with Crippen LogP contribution >= 0.6 is 0 Å². The quantitative estimate of drug-likeness (QED) is 0.814. The first kappa shape index (κ1) is 12.0. The predicted octanol–water partition coefficient (Wildman–Crippen LogP) is 2.45. The molecule has 0 radical (unpaired) electrons. The smallest absolute Gasteiger partial charge is 0.256 e. The maximum Gasteiger partial charge on any atom is 0.256 e. The van der Waals surface area contributed by atoms with Crippen molar-refractivity contribution < 1.29 is 4.79 Å². The van der Waals surface area contributed by atoms with Gasteiger partial charge in [-0.1, -0.05) is 12.1 Å². The van der Waals surface area contributed by atoms with Crippen molar-refractivity contribution in [2.75, 3.05) is 12.8 Å². The van der Waals surface area contributed by atoms with Gasteiger partial charge < -0.3 is 10.6 Å². The van der Waals surface area contributed by atoms with Crippen LogP contribution in [0.4, 0.5) is 5.69 Å². The minimum absolute atomic E-state index is 0.0417. The topological polar surface area (TPSA) is 46.3 Å². The van der Waals surface area contributed by atoms with Crippen LogP contribution in [-0.4, -0.2) is 23.9 Å². The lowest BCUT2D eigenvalue weighted by Gasteiger charge is -2.26. The molecule has 1 aromatic carbocycles. The van der Waals surface area contributed by atoms with Gasteiger partial charge in [-0.3, -0.25) is 4.79 Å². The second kappa shape index (κ2) is 4.40. The van der Waals surface area contributed by atoms with Gasteiger partial charge in [-0.2, -0.15) is 0 Å². The van der Waals surface area contributed by atoms with Crippen molar-refractivity contribution in [2.24, 2.45) is 5.92 Å². The number of benzene rings is 1. The Labute approximate surface area is 103 Å². The SMILES string of the molecule is Cc1cccc(N)c1C(=O)N(C)C(C)C1CC1. The molecule has 1 aliphatic carbocycles. The number of carbonyl (C=O) groups excluding carboxylic acids is 1. The molecule has 2 rings (SSSR count). The van der Waals surface area contributed by atoms with Crippen molar-refractivity contribution in [1.82, 2.24) is 4.90 Å². The number of hydrogen-bond acceptors (Lipinski definition) is 2. The Balaban J connectivity index is 2.24. The summed E-state index contributed by atoms with van der Waals surface area (Å²) in [6, 6.07) is 5.91. The van der Waals surface area contributed by atoms with Gasteiger partial charge in [0.15, 0.2) is 0 Å². The van der Waals surface area contributed by atoms with Crippen LogP contribution in [0.2, 0.25) is 0 Å². The van der Waals surface area contributed by atoms with E-state index >= 15 is 0 Å². The molecular weight excluding hydrogens is 212 g/mol. The summed E-state index contributed by atoms with van der Waals surface area (Å²) in [5.74, 6) is 0.717. The first-order chi connectivity index (χ1) is 8.02. The zero-order chi connectivity index (χ0) is 12.6. The van der Waals surface area contributed by atoms with Gasteiger partial charge in [0, 0.05) is 18.8 Å². The summed E-state index contributed by atoms with van der Waals surface area (Å²) in [4.78, 5) is 14.2. The molecule has 1 aliphatic rings. The number of carbonyl (C=O) groups is 1. The fraction of sp³-hybridized carbons (Fsp3) is 0.500. The Bertz CT molecular complexity index is 418. The average molecular weight is 232 g/mol. The van der Waals surface area contributed by atoms with Crippen LogP contribution in [0.15, 0.2) is 18.2 Å². The number of amides is 1. The van der Waals surface area contributed by atoms with E-state index in [9.17, 15) is 4.79 Å². The Morgan fingerprint density at radius 2 is 2.12 bits per heavy atom. The molecule has 0 aliphatic heterocycles. The molecule has 3 heteroatoms. The Morgan fingerprint density at radius 1 is 1.47 bits per heavy atom. The highest BCUT2D eigenvalue weighted by Gasteiger charge is 2.33. The Hall–Kier alpha value is -1.51. The number of nitrogen functional groups attached to an aromatic ring is 1. The van der Waals surface area contributed by atoms with Crippen molar-refractivity contribution in [3.63, 3.8) is 0 Å². The summed E-state index contributed by atoms with van der Waals surface area (Å²) < 4.78 is 0. The Kier molecular flexibility index (Phi) is 3.09. The van der Waals surface area contributed by atoms with Crippen LogP contribution in [0.3, 0.4) is 0 Å². The highest BCUT2D eigenvalue weighted by Crippen LogP contribution is 2.35. The van der Waals surface area contributed by atoms with Crippen molar-refractivity contribution in [2.45, 2.75) is 32.7 Å². The van der Waals surface area contributed by atoms with E-state index in [1.54, 1.807) is 6.07 Å². The van der Waals surface area contributed by atoms with E-state index in [0.717, 1.165) is 5.56 Å². The first-order valence-corrected chi connectivity index (χ1v) is 6.14. The second-order valence-electron chi connectivity index (χ2n) is 5.03. The summed E-state index contributed by atoms with van der Waals surface area (Å²) in [7, 11) is 1.87. The average Bonchev–Trinajstić information content (AvgIpc) is 3.10. The fourth-order valence-electron chi connectivity index (χ4n) is 2.24. The lowest BCUT2D eigenvalue weighted by Crippen LogP contribution is -2.37. The minimum Gasteiger partial charge on any atom is -0.398 e. The molecular formula is C14H20N2O. The van der Waals surface area contributed by atoms with Gasteiger partial charge in [-0.05, 0) is 44.2 Å². The summed E-state index contributed by atoms with van der Waals surface area (Å²) in [6.07, 6.45) is 2.48. The van der Waals surface area contributed by atoms with Crippen molar-refractivity contribution in [1.29, 1.82) is 0 Å². The van der Waals surface area contributed by atoms with E-state index in [-0.39, 0.29) is 5.91 Å². The van der Waals surface area contributed by atoms with Crippen LogP contribution in [0, 0.1) is 12.8 Å². The first-order valence-electron chi connectivity index (χ1n) is 6.14. The van der Waals surface area contributed by atoms with Gasteiger partial charge in [0.2, 0.25) is 0 Å². The molecule has 0 aromatic heterocycles. The lowest BCUT2D eigenvalue weighted by molar-refractivity contribution is 0.0727. The molecule has 92 valence electrons. The molecule has 1 saturated carbocycles. The lowest BCUT2D eigenvalue weighted by atomic mass is 10.0. The third-order valence-corrected chi connectivity index (χ3v) is 3.75. The molecule has 0 bridgehead atoms. The molecule has 0 spiro atoms. The third kappa shape index (κ3) is 2.28. The monoisotopic (exact) mass is 232 g/mol. The second-order valence-corrected chi connectivity index (χ2v) is 5.03. The molecule has 0 heterocycles. The highest BCUT2D eigenvalue weighted by molar-refractivity contribution is 6.00. The van der Waals surface area contributed by atoms with Crippen molar-refractivity contribution in [3.05, 3.63) is 29.3 Å². The number of rotatable bonds is 3. The normalized spacial score (nSPS) is 16.6. The fourth-order valence-corrected chi connectivity index (χ4v) is 2.24. The van der Waals surface area contributed by atoms with E-state index in [1.165, 1.54) is 12.8 Å². The van der Waals surface area contributed by atoms with Crippen LogP contribution in [0.5, 0.6) is 0 Å². The summed E-state index contributed by atoms with van der Waals surface area (Å²) in [5.41, 5.74) is 8.08. The number of nitrogens with zero attached hydrogens (tertiary/aromatic N) is 1. The van der Waals surface area contributed by atoms with Crippen LogP contribution in [0.1, 0.15) is 35.7 Å². The summed E-state index contributed by atoms with van der Waals surface area (Å²) in [6.45, 7) is 4.04. The molecule has 1 aromatic rings. The number of nitrogens with two attached hydrogens (primary N) is 1. The largest absolute Gasteiger partial charge is 0.398 e. The number of anilines is 1. The van der Waals surface area contributed by atoms with E-state index in [2.05, 4.69) is 6.92 Å². The van der Waals surface area contributed by atoms with Gasteiger partial charge in [-0.25, -0.2) is 0 Å². The molecule has 3 nitrogen and oxygen atoms in total. The van der Waals surface area contributed by atoms with Crippen LogP contribution in [0.25, 0.3) is 0 Å². The van der Waals surface area contributed by atoms with Gasteiger partial charge in [0.25, 0.3) is 5.91 Å². The van der Waals surface area contributed by atoms with Gasteiger partial charge in [0.1, 0.15) is 0 Å². The van der Waals surface area contributed by atoms with Gasteiger partial charge >= 0.3 is 0 Å². The molecule has 1 atom stereocenters. The van der Waals surface area contributed by atoms with Crippen molar-refractivity contribution >= 4 is 11.6 Å². The summed E-state index contributed by atoms with van der Waals surface area (Å²) in [5, 5.41) is 0. The van der Waals surface area contributed by atoms with Gasteiger partial charge in [0.05, 0.1) is 5.56 Å². The maximum absolute atomic E-state index is 12.4. The van der Waals surface area contributed by atoms with E-state index in [0.29, 0.717) is 23.2 Å². The molecule has 17 heavy (non-hydrogen) atoms. The third-order valence-electron chi connectivity index (χ3n) is 3.75. The number of aryl methyl sites for hydroxylation is 1. The van der Waals surface area contributed by atoms with Gasteiger partial charge in [-0.15, -0.1) is 0 Å². The number of hydrogen-bond donors (Lipinski definition) is 1. The van der Waals surface area contributed by atoms with E-state index < -0.39 is 0 Å². The predicted molar refractivity (Wildman–Crippen MR) is 69.9 cm³/mol. The Morgan fingerprint density at radius 3 is 2.65 bits per heavy atom. The van der Waals surface area contributed by atoms with Crippen LogP contribution in [-0.2, 0) is 0 Å². The standard InChI is InChI=1S/C14H20N2O/c1-9-5-4-6-12(15)13(9)14(17)16(3)10(2)11-7-8-11/h4-6,10-11H,7-8,15H2,1-3H3. The molecule has 1 unspecified atom stereocenters. The van der Waals surface area contributed by atoms with E-state index in [1.807, 2.05) is 31.0 Å². The molecule has 1 fully saturated rings. The van der Waals surface area contributed by atoms with E-state index in [4.69, 9.17) is 5.73 Å². The maximum atomic E-state index is 12.4. The zero-order valence-corrected chi connectivity index (χ0v) is 10.7. The highest BCUT2D eigenvalue weighted by atomic mass is 16.2. The molecule has 1 amide bonds. The minimum atomic E-state index is 0.0417. The zero-order valence-electron chi connectivity index (χ0n) is 10.7. The summed E-state index contributed by atoms with van der Waals surface area (Å²) >= 11 is 0. The molecule has 0 saturated heterocycles. The molecule has 2 N–H and O–H groups in total.